The molecule has 0 bridgehead atoms. The number of pyridine rings is 2. The van der Waals surface area contributed by atoms with Crippen LogP contribution in [-0.4, -0.2) is 21.0 Å². The molecule has 0 aliphatic carbocycles. The standard InChI is InChI=1S/C11H9N3O2S/c12-8-5-7(11(15)16)6-14-10(8)17-9-3-1-2-4-13-9/h1-6H,12H2,(H,15,16). The van der Waals surface area contributed by atoms with E-state index < -0.39 is 5.97 Å². The van der Waals surface area contributed by atoms with Gasteiger partial charge in [0.25, 0.3) is 0 Å². The van der Waals surface area contributed by atoms with Crippen molar-refractivity contribution in [2.24, 2.45) is 0 Å². The Kier molecular flexibility index (Phi) is 3.24. The van der Waals surface area contributed by atoms with Crippen LogP contribution in [0.4, 0.5) is 5.69 Å². The maximum atomic E-state index is 10.7. The van der Waals surface area contributed by atoms with Gasteiger partial charge in [-0.1, -0.05) is 6.07 Å². The summed E-state index contributed by atoms with van der Waals surface area (Å²) in [4.78, 5) is 18.8. The molecular formula is C11H9N3O2S. The van der Waals surface area contributed by atoms with Crippen molar-refractivity contribution in [1.82, 2.24) is 9.97 Å². The summed E-state index contributed by atoms with van der Waals surface area (Å²) in [6.45, 7) is 0. The number of anilines is 1. The monoisotopic (exact) mass is 247 g/mol. The second kappa shape index (κ2) is 4.84. The minimum absolute atomic E-state index is 0.0767. The zero-order valence-electron chi connectivity index (χ0n) is 8.70. The SMILES string of the molecule is Nc1cc(C(=O)O)cnc1Sc1ccccn1. The minimum Gasteiger partial charge on any atom is -0.478 e. The van der Waals surface area contributed by atoms with E-state index in [1.807, 2.05) is 18.2 Å². The van der Waals surface area contributed by atoms with Gasteiger partial charge in [-0.25, -0.2) is 14.8 Å². The molecule has 3 N–H and O–H groups in total. The number of aromatic nitrogens is 2. The minimum atomic E-state index is -1.04. The number of carboxylic acids is 1. The van der Waals surface area contributed by atoms with E-state index in [9.17, 15) is 4.79 Å². The summed E-state index contributed by atoms with van der Waals surface area (Å²) in [5.74, 6) is -1.04. The molecule has 2 heterocycles. The highest BCUT2D eigenvalue weighted by atomic mass is 32.2. The summed E-state index contributed by atoms with van der Waals surface area (Å²) < 4.78 is 0. The molecule has 0 unspecified atom stereocenters. The molecule has 86 valence electrons. The number of carbonyl (C=O) groups is 1. The van der Waals surface area contributed by atoms with Gasteiger partial charge in [0, 0.05) is 12.4 Å². The Hall–Kier alpha value is -2.08. The van der Waals surface area contributed by atoms with Gasteiger partial charge in [0.2, 0.25) is 0 Å². The van der Waals surface area contributed by atoms with Crippen LogP contribution in [0.2, 0.25) is 0 Å². The summed E-state index contributed by atoms with van der Waals surface area (Å²) in [6, 6.07) is 6.89. The normalized spacial score (nSPS) is 10.1. The molecule has 0 saturated heterocycles. The first-order chi connectivity index (χ1) is 8.16. The predicted molar refractivity (Wildman–Crippen MR) is 64.0 cm³/mol. The van der Waals surface area contributed by atoms with Gasteiger partial charge in [0.1, 0.15) is 10.1 Å². The molecule has 0 spiro atoms. The number of nitrogens with zero attached hydrogens (tertiary/aromatic N) is 2. The van der Waals surface area contributed by atoms with E-state index in [0.29, 0.717) is 10.7 Å². The highest BCUT2D eigenvalue weighted by Crippen LogP contribution is 2.28. The molecule has 0 saturated carbocycles. The van der Waals surface area contributed by atoms with E-state index in [-0.39, 0.29) is 5.56 Å². The van der Waals surface area contributed by atoms with Crippen molar-refractivity contribution in [2.75, 3.05) is 5.73 Å². The van der Waals surface area contributed by atoms with Gasteiger partial charge in [0.05, 0.1) is 11.3 Å². The van der Waals surface area contributed by atoms with Crippen LogP contribution in [0.5, 0.6) is 0 Å². The molecule has 17 heavy (non-hydrogen) atoms. The number of aromatic carboxylic acids is 1. The Balaban J connectivity index is 2.26. The van der Waals surface area contributed by atoms with Crippen LogP contribution >= 0.6 is 11.8 Å². The smallest absolute Gasteiger partial charge is 0.337 e. The Morgan fingerprint density at radius 2 is 2.18 bits per heavy atom. The van der Waals surface area contributed by atoms with E-state index in [4.69, 9.17) is 10.8 Å². The van der Waals surface area contributed by atoms with E-state index in [2.05, 4.69) is 9.97 Å². The third-order valence-electron chi connectivity index (χ3n) is 1.96. The van der Waals surface area contributed by atoms with E-state index in [0.717, 1.165) is 5.03 Å². The largest absolute Gasteiger partial charge is 0.478 e. The second-order valence-electron chi connectivity index (χ2n) is 3.19. The summed E-state index contributed by atoms with van der Waals surface area (Å²) >= 11 is 1.29. The van der Waals surface area contributed by atoms with Crippen molar-refractivity contribution in [3.8, 4) is 0 Å². The summed E-state index contributed by atoms with van der Waals surface area (Å²) in [7, 11) is 0. The Bertz CT molecular complexity index is 546. The molecular weight excluding hydrogens is 238 g/mol. The average molecular weight is 247 g/mol. The molecule has 0 atom stereocenters. The van der Waals surface area contributed by atoms with Crippen LogP contribution in [-0.2, 0) is 0 Å². The highest BCUT2D eigenvalue weighted by Gasteiger charge is 2.09. The van der Waals surface area contributed by atoms with Crippen LogP contribution in [0.25, 0.3) is 0 Å². The first-order valence-corrected chi connectivity index (χ1v) is 5.56. The maximum Gasteiger partial charge on any atom is 0.337 e. The fraction of sp³-hybridized carbons (Fsp3) is 0. The number of hydrogen-bond acceptors (Lipinski definition) is 5. The van der Waals surface area contributed by atoms with Crippen LogP contribution in [0.1, 0.15) is 10.4 Å². The van der Waals surface area contributed by atoms with Crippen molar-refractivity contribution < 1.29 is 9.90 Å². The lowest BCUT2D eigenvalue weighted by Crippen LogP contribution is -2.01. The first kappa shape index (κ1) is 11.4. The number of carboxylic acid groups (broad SMARTS) is 1. The lowest BCUT2D eigenvalue weighted by atomic mass is 10.3. The zero-order valence-corrected chi connectivity index (χ0v) is 9.52. The van der Waals surface area contributed by atoms with Crippen molar-refractivity contribution in [3.63, 3.8) is 0 Å². The van der Waals surface area contributed by atoms with Gasteiger partial charge in [0.15, 0.2) is 0 Å². The summed E-state index contributed by atoms with van der Waals surface area (Å²) in [5.41, 5.74) is 6.14. The molecule has 2 aromatic heterocycles. The number of rotatable bonds is 3. The van der Waals surface area contributed by atoms with Gasteiger partial charge >= 0.3 is 5.97 Å². The van der Waals surface area contributed by atoms with Gasteiger partial charge in [-0.2, -0.15) is 0 Å². The molecule has 0 radical (unpaired) electrons. The molecule has 2 aromatic rings. The van der Waals surface area contributed by atoms with Crippen molar-refractivity contribution >= 4 is 23.4 Å². The first-order valence-electron chi connectivity index (χ1n) is 4.74. The quantitative estimate of drug-likeness (QED) is 0.861. The number of nitrogens with two attached hydrogens (primary N) is 1. The van der Waals surface area contributed by atoms with Crippen LogP contribution in [0.3, 0.4) is 0 Å². The molecule has 5 nitrogen and oxygen atoms in total. The van der Waals surface area contributed by atoms with E-state index in [1.54, 1.807) is 6.20 Å². The number of hydrogen-bond donors (Lipinski definition) is 2. The molecule has 2 rings (SSSR count). The molecule has 0 fully saturated rings. The Labute approximate surface area is 102 Å². The van der Waals surface area contributed by atoms with E-state index in [1.165, 1.54) is 24.0 Å². The lowest BCUT2D eigenvalue weighted by molar-refractivity contribution is 0.0696. The topological polar surface area (TPSA) is 89.1 Å². The Morgan fingerprint density at radius 3 is 2.76 bits per heavy atom. The third-order valence-corrected chi connectivity index (χ3v) is 2.95. The Morgan fingerprint density at radius 1 is 1.35 bits per heavy atom. The second-order valence-corrected chi connectivity index (χ2v) is 4.20. The third kappa shape index (κ3) is 2.73. The fourth-order valence-corrected chi connectivity index (χ4v) is 1.92. The van der Waals surface area contributed by atoms with Gasteiger partial charge in [-0.3, -0.25) is 0 Å². The van der Waals surface area contributed by atoms with Crippen LogP contribution < -0.4 is 5.73 Å². The van der Waals surface area contributed by atoms with Crippen LogP contribution in [0, 0.1) is 0 Å². The van der Waals surface area contributed by atoms with Crippen molar-refractivity contribution in [3.05, 3.63) is 42.2 Å². The van der Waals surface area contributed by atoms with Gasteiger partial charge in [-0.05, 0) is 30.0 Å². The summed E-state index contributed by atoms with van der Waals surface area (Å²) in [5, 5.41) is 10.1. The maximum absolute atomic E-state index is 10.7. The molecule has 0 aliphatic rings. The number of nitrogen functional groups attached to an aromatic ring is 1. The highest BCUT2D eigenvalue weighted by molar-refractivity contribution is 7.99. The molecule has 0 amide bonds. The average Bonchev–Trinajstić information content (AvgIpc) is 2.33. The van der Waals surface area contributed by atoms with E-state index >= 15 is 0 Å². The van der Waals surface area contributed by atoms with Crippen molar-refractivity contribution in [1.29, 1.82) is 0 Å². The van der Waals surface area contributed by atoms with Crippen molar-refractivity contribution in [2.45, 2.75) is 10.1 Å². The predicted octanol–water partition coefficient (Wildman–Crippen LogP) is 1.91. The summed E-state index contributed by atoms with van der Waals surface area (Å²) in [6.07, 6.45) is 2.95. The lowest BCUT2D eigenvalue weighted by Gasteiger charge is -2.04. The van der Waals surface area contributed by atoms with Gasteiger partial charge in [-0.15, -0.1) is 0 Å². The molecule has 0 aliphatic heterocycles. The van der Waals surface area contributed by atoms with Crippen LogP contribution in [0.15, 0.2) is 46.7 Å². The van der Waals surface area contributed by atoms with Gasteiger partial charge < -0.3 is 10.8 Å². The zero-order chi connectivity index (χ0) is 12.3. The molecule has 0 aromatic carbocycles. The fourth-order valence-electron chi connectivity index (χ4n) is 1.18. The molecule has 6 heteroatoms.